The standard InChI is InChI=1S/C23H29N5O2S/c1-15(2)30-19-8-7-18-20(24)21(31-23(18)27-19)22(29)26-10-9-16-3-5-17(6-4-16)28-13-11-25-12-14-28/h3-8,15,25H,9-14,24H2,1-2H3,(H,26,29). The van der Waals surface area contributed by atoms with Crippen LogP contribution in [0.5, 0.6) is 5.88 Å². The number of fused-ring (bicyclic) bond motifs is 1. The molecule has 1 fully saturated rings. The van der Waals surface area contributed by atoms with Crippen molar-refractivity contribution in [2.45, 2.75) is 26.4 Å². The topological polar surface area (TPSA) is 92.5 Å². The van der Waals surface area contributed by atoms with Gasteiger partial charge in [0, 0.05) is 49.9 Å². The molecule has 0 atom stereocenters. The van der Waals surface area contributed by atoms with Gasteiger partial charge in [-0.2, -0.15) is 0 Å². The molecule has 3 aromatic rings. The van der Waals surface area contributed by atoms with Gasteiger partial charge in [0.05, 0.1) is 11.8 Å². The summed E-state index contributed by atoms with van der Waals surface area (Å²) in [6, 6.07) is 12.2. The molecule has 164 valence electrons. The number of ether oxygens (including phenoxy) is 1. The van der Waals surface area contributed by atoms with Gasteiger partial charge in [0.1, 0.15) is 9.71 Å². The van der Waals surface area contributed by atoms with E-state index in [9.17, 15) is 4.79 Å². The highest BCUT2D eigenvalue weighted by atomic mass is 32.1. The number of rotatable bonds is 7. The van der Waals surface area contributed by atoms with Crippen LogP contribution >= 0.6 is 11.3 Å². The van der Waals surface area contributed by atoms with Gasteiger partial charge in [0.2, 0.25) is 5.88 Å². The van der Waals surface area contributed by atoms with Crippen molar-refractivity contribution in [3.05, 3.63) is 46.8 Å². The summed E-state index contributed by atoms with van der Waals surface area (Å²) in [4.78, 5) is 20.8. The number of nitrogens with two attached hydrogens (primary N) is 1. The molecule has 1 saturated heterocycles. The van der Waals surface area contributed by atoms with Crippen LogP contribution < -0.4 is 26.0 Å². The Labute approximate surface area is 186 Å². The number of hydrogen-bond donors (Lipinski definition) is 3. The van der Waals surface area contributed by atoms with Crippen molar-refractivity contribution in [3.8, 4) is 5.88 Å². The number of hydrogen-bond acceptors (Lipinski definition) is 7. The Balaban J connectivity index is 1.35. The van der Waals surface area contributed by atoms with Gasteiger partial charge in [-0.15, -0.1) is 11.3 Å². The summed E-state index contributed by atoms with van der Waals surface area (Å²) < 4.78 is 5.64. The zero-order valence-electron chi connectivity index (χ0n) is 18.0. The predicted molar refractivity (Wildman–Crippen MR) is 127 cm³/mol. The fourth-order valence-electron chi connectivity index (χ4n) is 3.65. The van der Waals surface area contributed by atoms with Gasteiger partial charge in [-0.25, -0.2) is 4.98 Å². The molecule has 3 heterocycles. The smallest absolute Gasteiger partial charge is 0.263 e. The first-order chi connectivity index (χ1) is 15.0. The molecule has 0 aliphatic carbocycles. The van der Waals surface area contributed by atoms with E-state index in [1.165, 1.54) is 22.6 Å². The average Bonchev–Trinajstić information content (AvgIpc) is 3.10. The summed E-state index contributed by atoms with van der Waals surface area (Å²) in [6.45, 7) is 8.57. The molecule has 1 aromatic carbocycles. The molecule has 7 nitrogen and oxygen atoms in total. The minimum Gasteiger partial charge on any atom is -0.475 e. The molecule has 2 aromatic heterocycles. The fourth-order valence-corrected chi connectivity index (χ4v) is 4.65. The lowest BCUT2D eigenvalue weighted by Gasteiger charge is -2.29. The maximum absolute atomic E-state index is 12.7. The van der Waals surface area contributed by atoms with E-state index in [0.717, 1.165) is 38.0 Å². The largest absolute Gasteiger partial charge is 0.475 e. The van der Waals surface area contributed by atoms with Crippen LogP contribution in [0.2, 0.25) is 0 Å². The molecular formula is C23H29N5O2S. The van der Waals surface area contributed by atoms with Crippen molar-refractivity contribution in [3.63, 3.8) is 0 Å². The summed E-state index contributed by atoms with van der Waals surface area (Å²) in [7, 11) is 0. The van der Waals surface area contributed by atoms with Crippen LogP contribution in [0.4, 0.5) is 11.4 Å². The zero-order valence-corrected chi connectivity index (χ0v) is 18.8. The lowest BCUT2D eigenvalue weighted by atomic mass is 10.1. The van der Waals surface area contributed by atoms with E-state index in [1.54, 1.807) is 6.07 Å². The van der Waals surface area contributed by atoms with Crippen LogP contribution in [0.1, 0.15) is 29.1 Å². The summed E-state index contributed by atoms with van der Waals surface area (Å²) in [5.41, 5.74) is 9.14. The molecule has 1 amide bonds. The summed E-state index contributed by atoms with van der Waals surface area (Å²) in [5, 5.41) is 7.14. The van der Waals surface area contributed by atoms with Crippen molar-refractivity contribution in [2.24, 2.45) is 0 Å². The van der Waals surface area contributed by atoms with E-state index in [0.29, 0.717) is 27.8 Å². The Bertz CT molecular complexity index is 1040. The van der Waals surface area contributed by atoms with Crippen LogP contribution in [0, 0.1) is 0 Å². The van der Waals surface area contributed by atoms with Crippen LogP contribution in [-0.2, 0) is 6.42 Å². The number of piperazine rings is 1. The highest BCUT2D eigenvalue weighted by Gasteiger charge is 2.18. The maximum Gasteiger partial charge on any atom is 0.263 e. The number of nitrogens with zero attached hydrogens (tertiary/aromatic N) is 2. The van der Waals surface area contributed by atoms with Crippen LogP contribution in [-0.4, -0.2) is 49.7 Å². The number of aromatic nitrogens is 1. The molecule has 1 aliphatic heterocycles. The Kier molecular flexibility index (Phi) is 6.58. The maximum atomic E-state index is 12.7. The third-order valence-electron chi connectivity index (χ3n) is 5.25. The highest BCUT2D eigenvalue weighted by Crippen LogP contribution is 2.33. The lowest BCUT2D eigenvalue weighted by molar-refractivity contribution is 0.0959. The Morgan fingerprint density at radius 2 is 1.97 bits per heavy atom. The first-order valence-corrected chi connectivity index (χ1v) is 11.5. The monoisotopic (exact) mass is 439 g/mol. The number of thiophene rings is 1. The number of amides is 1. The van der Waals surface area contributed by atoms with Crippen molar-refractivity contribution in [2.75, 3.05) is 43.4 Å². The normalized spacial score (nSPS) is 14.2. The number of nitrogen functional groups attached to an aromatic ring is 1. The van der Waals surface area contributed by atoms with E-state index >= 15 is 0 Å². The first kappa shape index (κ1) is 21.4. The molecule has 4 rings (SSSR count). The molecule has 8 heteroatoms. The zero-order chi connectivity index (χ0) is 21.8. The number of nitrogens with one attached hydrogen (secondary N) is 2. The number of carbonyl (C=O) groups excluding carboxylic acids is 1. The first-order valence-electron chi connectivity index (χ1n) is 10.7. The Hall–Kier alpha value is -2.84. The van der Waals surface area contributed by atoms with E-state index < -0.39 is 0 Å². The minimum absolute atomic E-state index is 0.0379. The van der Waals surface area contributed by atoms with Gasteiger partial charge in [-0.3, -0.25) is 4.79 Å². The van der Waals surface area contributed by atoms with Crippen molar-refractivity contribution < 1.29 is 9.53 Å². The molecule has 0 saturated carbocycles. The molecule has 31 heavy (non-hydrogen) atoms. The van der Waals surface area contributed by atoms with Crippen molar-refractivity contribution in [1.82, 2.24) is 15.6 Å². The van der Waals surface area contributed by atoms with Crippen LogP contribution in [0.3, 0.4) is 0 Å². The third-order valence-corrected chi connectivity index (χ3v) is 6.36. The van der Waals surface area contributed by atoms with Crippen LogP contribution in [0.15, 0.2) is 36.4 Å². The number of anilines is 2. The third kappa shape index (κ3) is 5.08. The fraction of sp³-hybridized carbons (Fsp3) is 0.391. The highest BCUT2D eigenvalue weighted by molar-refractivity contribution is 7.21. The number of benzene rings is 1. The molecule has 0 radical (unpaired) electrons. The van der Waals surface area contributed by atoms with Crippen molar-refractivity contribution in [1.29, 1.82) is 0 Å². The van der Waals surface area contributed by atoms with Gasteiger partial charge >= 0.3 is 0 Å². The SMILES string of the molecule is CC(C)Oc1ccc2c(N)c(C(=O)NCCc3ccc(N4CCNCC4)cc3)sc2n1. The second-order valence-electron chi connectivity index (χ2n) is 7.92. The molecular weight excluding hydrogens is 410 g/mol. The van der Waals surface area contributed by atoms with E-state index in [-0.39, 0.29) is 12.0 Å². The van der Waals surface area contributed by atoms with Crippen molar-refractivity contribution >= 4 is 38.8 Å². The van der Waals surface area contributed by atoms with Gasteiger partial charge in [0.25, 0.3) is 5.91 Å². The quantitative estimate of drug-likeness (QED) is 0.524. The number of carbonyl (C=O) groups is 1. The van der Waals surface area contributed by atoms with Gasteiger partial charge in [-0.05, 0) is 44.0 Å². The molecule has 0 unspecified atom stereocenters. The number of pyridine rings is 1. The van der Waals surface area contributed by atoms with Gasteiger partial charge < -0.3 is 26.0 Å². The Morgan fingerprint density at radius 3 is 2.68 bits per heavy atom. The molecule has 0 bridgehead atoms. The summed E-state index contributed by atoms with van der Waals surface area (Å²) in [5.74, 6) is 0.379. The molecule has 0 spiro atoms. The summed E-state index contributed by atoms with van der Waals surface area (Å²) in [6.07, 6.45) is 0.805. The van der Waals surface area contributed by atoms with Gasteiger partial charge in [-0.1, -0.05) is 12.1 Å². The second kappa shape index (κ2) is 9.53. The average molecular weight is 440 g/mol. The predicted octanol–water partition coefficient (Wildman–Crippen LogP) is 3.05. The van der Waals surface area contributed by atoms with E-state index in [1.807, 2.05) is 19.9 Å². The van der Waals surface area contributed by atoms with E-state index in [2.05, 4.69) is 44.8 Å². The molecule has 4 N–H and O–H groups in total. The van der Waals surface area contributed by atoms with E-state index in [4.69, 9.17) is 10.5 Å². The molecule has 1 aliphatic rings. The van der Waals surface area contributed by atoms with Gasteiger partial charge in [0.15, 0.2) is 0 Å². The summed E-state index contributed by atoms with van der Waals surface area (Å²) >= 11 is 1.30. The Morgan fingerprint density at radius 1 is 1.23 bits per heavy atom. The lowest BCUT2D eigenvalue weighted by Crippen LogP contribution is -2.43. The second-order valence-corrected chi connectivity index (χ2v) is 8.92. The van der Waals surface area contributed by atoms with Crippen LogP contribution in [0.25, 0.3) is 10.2 Å². The minimum atomic E-state index is -0.163.